The highest BCUT2D eigenvalue weighted by atomic mass is 35.5. The number of halogens is 1. The summed E-state index contributed by atoms with van der Waals surface area (Å²) in [6, 6.07) is 4.16. The van der Waals surface area contributed by atoms with E-state index in [0.717, 1.165) is 0 Å². The molecule has 0 saturated carbocycles. The molecule has 0 bridgehead atoms. The van der Waals surface area contributed by atoms with Crippen molar-refractivity contribution in [1.82, 2.24) is 5.32 Å². The third-order valence-corrected chi connectivity index (χ3v) is 3.61. The van der Waals surface area contributed by atoms with E-state index < -0.39 is 22.0 Å². The number of hydrogen-bond donors (Lipinski definition) is 2. The van der Waals surface area contributed by atoms with Gasteiger partial charge < -0.3 is 15.8 Å². The van der Waals surface area contributed by atoms with Crippen molar-refractivity contribution in [2.75, 3.05) is 13.1 Å². The third kappa shape index (κ3) is 5.37. The predicted octanol–water partition coefficient (Wildman–Crippen LogP) is 2.99. The van der Waals surface area contributed by atoms with Gasteiger partial charge in [0, 0.05) is 35.7 Å². The molecule has 0 aliphatic carbocycles. The van der Waals surface area contributed by atoms with Gasteiger partial charge in [0.05, 0.1) is 4.92 Å². The predicted molar refractivity (Wildman–Crippen MR) is 88.7 cm³/mol. The van der Waals surface area contributed by atoms with Crippen molar-refractivity contribution in [2.45, 2.75) is 38.7 Å². The fraction of sp³-hybridized carbons (Fsp3) is 0.533. The van der Waals surface area contributed by atoms with Crippen molar-refractivity contribution in [3.8, 4) is 0 Å². The SMILES string of the molecule is CC(C)(C)OC(=O)NCC(C)(CN)c1cc([N+](=O)[O-])ccc1Cl. The minimum absolute atomic E-state index is 0.0821. The fourth-order valence-electron chi connectivity index (χ4n) is 1.95. The number of amides is 1. The summed E-state index contributed by atoms with van der Waals surface area (Å²) < 4.78 is 5.17. The van der Waals surface area contributed by atoms with Gasteiger partial charge in [0.2, 0.25) is 0 Å². The molecule has 0 heterocycles. The number of nitro groups is 1. The molecule has 0 aliphatic heterocycles. The third-order valence-electron chi connectivity index (χ3n) is 3.28. The molecule has 1 amide bonds. The summed E-state index contributed by atoms with van der Waals surface area (Å²) in [6.45, 7) is 7.32. The van der Waals surface area contributed by atoms with Gasteiger partial charge in [-0.15, -0.1) is 0 Å². The Morgan fingerprint density at radius 3 is 2.48 bits per heavy atom. The van der Waals surface area contributed by atoms with Crippen LogP contribution >= 0.6 is 11.6 Å². The van der Waals surface area contributed by atoms with Gasteiger partial charge in [-0.3, -0.25) is 10.1 Å². The lowest BCUT2D eigenvalue weighted by Gasteiger charge is -2.30. The van der Waals surface area contributed by atoms with Crippen LogP contribution in [0.3, 0.4) is 0 Å². The Hall–Kier alpha value is -1.86. The van der Waals surface area contributed by atoms with Gasteiger partial charge in [0.25, 0.3) is 5.69 Å². The number of alkyl carbamates (subject to hydrolysis) is 1. The van der Waals surface area contributed by atoms with Crippen LogP contribution in [0.4, 0.5) is 10.5 Å². The number of nitro benzene ring substituents is 1. The summed E-state index contributed by atoms with van der Waals surface area (Å²) in [5.74, 6) is 0. The van der Waals surface area contributed by atoms with Crippen LogP contribution in [0.15, 0.2) is 18.2 Å². The Bertz CT molecular complexity index is 601. The highest BCUT2D eigenvalue weighted by molar-refractivity contribution is 6.31. The molecule has 1 atom stereocenters. The van der Waals surface area contributed by atoms with Crippen molar-refractivity contribution >= 4 is 23.4 Å². The quantitative estimate of drug-likeness (QED) is 0.631. The lowest BCUT2D eigenvalue weighted by molar-refractivity contribution is -0.385. The van der Waals surface area contributed by atoms with E-state index in [4.69, 9.17) is 22.1 Å². The van der Waals surface area contributed by atoms with Crippen LogP contribution in [0.2, 0.25) is 5.02 Å². The first-order valence-electron chi connectivity index (χ1n) is 7.10. The Labute approximate surface area is 140 Å². The number of nitrogens with zero attached hydrogens (tertiary/aromatic N) is 1. The normalized spacial score (nSPS) is 14.0. The number of hydrogen-bond acceptors (Lipinski definition) is 5. The first-order valence-corrected chi connectivity index (χ1v) is 7.48. The number of nitrogens with two attached hydrogens (primary N) is 1. The number of benzene rings is 1. The first-order chi connectivity index (χ1) is 10.5. The maximum absolute atomic E-state index is 11.8. The van der Waals surface area contributed by atoms with Crippen molar-refractivity contribution < 1.29 is 14.5 Å². The first kappa shape index (κ1) is 19.2. The maximum Gasteiger partial charge on any atom is 0.407 e. The van der Waals surface area contributed by atoms with E-state index in [0.29, 0.717) is 10.6 Å². The van der Waals surface area contributed by atoms with Crippen molar-refractivity contribution in [2.24, 2.45) is 5.73 Å². The summed E-state index contributed by atoms with van der Waals surface area (Å²) in [7, 11) is 0. The average molecular weight is 344 g/mol. The van der Waals surface area contributed by atoms with Crippen LogP contribution in [-0.2, 0) is 10.2 Å². The summed E-state index contributed by atoms with van der Waals surface area (Å²) in [5, 5.41) is 13.9. The zero-order valence-corrected chi connectivity index (χ0v) is 14.4. The summed E-state index contributed by atoms with van der Waals surface area (Å²) >= 11 is 6.16. The molecule has 0 fully saturated rings. The molecule has 1 unspecified atom stereocenters. The van der Waals surface area contributed by atoms with E-state index in [-0.39, 0.29) is 18.8 Å². The topological polar surface area (TPSA) is 107 Å². The molecular weight excluding hydrogens is 322 g/mol. The van der Waals surface area contributed by atoms with Gasteiger partial charge in [-0.2, -0.15) is 0 Å². The van der Waals surface area contributed by atoms with Crippen LogP contribution in [-0.4, -0.2) is 29.7 Å². The second-order valence-corrected chi connectivity index (χ2v) is 6.95. The highest BCUT2D eigenvalue weighted by Crippen LogP contribution is 2.32. The van der Waals surface area contributed by atoms with Gasteiger partial charge in [-0.05, 0) is 32.4 Å². The zero-order chi connectivity index (χ0) is 17.8. The number of nitrogens with one attached hydrogen (secondary N) is 1. The standard InChI is InChI=1S/C15H22ClN3O4/c1-14(2,3)23-13(20)18-9-15(4,8-17)11-7-10(19(21)22)5-6-12(11)16/h5-7H,8-9,17H2,1-4H3,(H,18,20). The minimum Gasteiger partial charge on any atom is -0.444 e. The summed E-state index contributed by atoms with van der Waals surface area (Å²) in [4.78, 5) is 22.2. The van der Waals surface area contributed by atoms with E-state index in [1.807, 2.05) is 0 Å². The van der Waals surface area contributed by atoms with Crippen molar-refractivity contribution in [1.29, 1.82) is 0 Å². The number of non-ortho nitro benzene ring substituents is 1. The summed E-state index contributed by atoms with van der Waals surface area (Å²) in [6.07, 6.45) is -0.585. The van der Waals surface area contributed by atoms with Crippen molar-refractivity contribution in [3.05, 3.63) is 38.9 Å². The van der Waals surface area contributed by atoms with E-state index in [9.17, 15) is 14.9 Å². The minimum atomic E-state index is -0.764. The fourth-order valence-corrected chi connectivity index (χ4v) is 2.29. The molecular formula is C15H22ClN3O4. The molecule has 0 spiro atoms. The molecule has 0 aliphatic rings. The lowest BCUT2D eigenvalue weighted by atomic mass is 9.82. The van der Waals surface area contributed by atoms with E-state index in [1.54, 1.807) is 27.7 Å². The van der Waals surface area contributed by atoms with E-state index in [1.165, 1.54) is 18.2 Å². The van der Waals surface area contributed by atoms with Crippen LogP contribution in [0.5, 0.6) is 0 Å². The molecule has 0 radical (unpaired) electrons. The van der Waals surface area contributed by atoms with Crippen LogP contribution in [0.25, 0.3) is 0 Å². The second kappa shape index (κ2) is 7.14. The van der Waals surface area contributed by atoms with Gasteiger partial charge in [0.1, 0.15) is 5.60 Å². The molecule has 3 N–H and O–H groups in total. The molecule has 1 aromatic carbocycles. The van der Waals surface area contributed by atoms with E-state index >= 15 is 0 Å². The zero-order valence-electron chi connectivity index (χ0n) is 13.7. The van der Waals surface area contributed by atoms with Crippen molar-refractivity contribution in [3.63, 3.8) is 0 Å². The lowest BCUT2D eigenvalue weighted by Crippen LogP contribution is -2.45. The molecule has 128 valence electrons. The second-order valence-electron chi connectivity index (χ2n) is 6.54. The highest BCUT2D eigenvalue weighted by Gasteiger charge is 2.30. The smallest absolute Gasteiger partial charge is 0.407 e. The molecule has 23 heavy (non-hydrogen) atoms. The van der Waals surface area contributed by atoms with Crippen LogP contribution in [0, 0.1) is 10.1 Å². The maximum atomic E-state index is 11.8. The van der Waals surface area contributed by atoms with Crippen LogP contribution < -0.4 is 11.1 Å². The number of carbonyl (C=O) groups excluding carboxylic acids is 1. The van der Waals surface area contributed by atoms with Crippen LogP contribution in [0.1, 0.15) is 33.3 Å². The largest absolute Gasteiger partial charge is 0.444 e. The Morgan fingerprint density at radius 1 is 1.39 bits per heavy atom. The number of carbonyl (C=O) groups is 1. The molecule has 8 heteroatoms. The average Bonchev–Trinajstić information content (AvgIpc) is 2.43. The van der Waals surface area contributed by atoms with Gasteiger partial charge in [-0.1, -0.05) is 18.5 Å². The molecule has 7 nitrogen and oxygen atoms in total. The Morgan fingerprint density at radius 2 is 2.00 bits per heavy atom. The Balaban J connectivity index is 2.99. The van der Waals surface area contributed by atoms with Gasteiger partial charge in [-0.25, -0.2) is 4.79 Å². The van der Waals surface area contributed by atoms with E-state index in [2.05, 4.69) is 5.32 Å². The number of ether oxygens (including phenoxy) is 1. The summed E-state index contributed by atoms with van der Waals surface area (Å²) in [5.41, 5.74) is 4.87. The monoisotopic (exact) mass is 343 g/mol. The molecule has 1 rings (SSSR count). The molecule has 0 aromatic heterocycles. The number of rotatable bonds is 5. The van der Waals surface area contributed by atoms with Gasteiger partial charge in [0.15, 0.2) is 0 Å². The Kier molecular flexibility index (Phi) is 5.96. The molecule has 1 aromatic rings. The van der Waals surface area contributed by atoms with Gasteiger partial charge >= 0.3 is 6.09 Å². The molecule has 0 saturated heterocycles.